The zero-order valence-corrected chi connectivity index (χ0v) is 9.60. The topological polar surface area (TPSA) is 42.4 Å². The SMILES string of the molecule is COc1ccc(C(O)c2cccc(F)c2F)cn1. The summed E-state index contributed by atoms with van der Waals surface area (Å²) in [7, 11) is 1.46. The van der Waals surface area contributed by atoms with Gasteiger partial charge in [-0.05, 0) is 12.1 Å². The third-order valence-electron chi connectivity index (χ3n) is 2.56. The molecule has 2 aromatic rings. The Bertz CT molecular complexity index is 543. The zero-order valence-electron chi connectivity index (χ0n) is 9.60. The lowest BCUT2D eigenvalue weighted by Gasteiger charge is -2.12. The molecule has 0 amide bonds. The molecule has 2 rings (SSSR count). The van der Waals surface area contributed by atoms with Crippen LogP contribution in [-0.2, 0) is 0 Å². The molecule has 0 radical (unpaired) electrons. The Kier molecular flexibility index (Phi) is 3.53. The first kappa shape index (κ1) is 12.4. The number of rotatable bonds is 3. The van der Waals surface area contributed by atoms with Crippen molar-refractivity contribution in [2.75, 3.05) is 7.11 Å². The minimum absolute atomic E-state index is 0.123. The van der Waals surface area contributed by atoms with Gasteiger partial charge in [-0.3, -0.25) is 0 Å². The molecule has 1 N–H and O–H groups in total. The van der Waals surface area contributed by atoms with Crippen LogP contribution in [-0.4, -0.2) is 17.2 Å². The number of aliphatic hydroxyl groups excluding tert-OH is 1. The van der Waals surface area contributed by atoms with Crippen molar-refractivity contribution in [3.05, 3.63) is 59.3 Å². The van der Waals surface area contributed by atoms with Crippen LogP contribution in [0.1, 0.15) is 17.2 Å². The lowest BCUT2D eigenvalue weighted by atomic mass is 10.0. The highest BCUT2D eigenvalue weighted by Crippen LogP contribution is 2.25. The van der Waals surface area contributed by atoms with Crippen LogP contribution in [0.15, 0.2) is 36.5 Å². The Balaban J connectivity index is 2.35. The lowest BCUT2D eigenvalue weighted by Crippen LogP contribution is -2.04. The standard InChI is InChI=1S/C13H11F2NO2/c1-18-11-6-5-8(7-16-11)13(17)9-3-2-4-10(14)12(9)15/h2-7,13,17H,1H3. The van der Waals surface area contributed by atoms with Crippen molar-refractivity contribution < 1.29 is 18.6 Å². The first-order valence-corrected chi connectivity index (χ1v) is 5.25. The smallest absolute Gasteiger partial charge is 0.212 e. The van der Waals surface area contributed by atoms with Crippen molar-refractivity contribution in [1.29, 1.82) is 0 Å². The van der Waals surface area contributed by atoms with Gasteiger partial charge in [-0.1, -0.05) is 12.1 Å². The van der Waals surface area contributed by atoms with Gasteiger partial charge in [0.15, 0.2) is 11.6 Å². The van der Waals surface area contributed by atoms with Crippen molar-refractivity contribution in [3.63, 3.8) is 0 Å². The van der Waals surface area contributed by atoms with Crippen LogP contribution in [0.4, 0.5) is 8.78 Å². The van der Waals surface area contributed by atoms with Gasteiger partial charge in [-0.15, -0.1) is 0 Å². The van der Waals surface area contributed by atoms with Crippen molar-refractivity contribution in [3.8, 4) is 5.88 Å². The molecule has 3 nitrogen and oxygen atoms in total. The number of methoxy groups -OCH3 is 1. The Labute approximate surface area is 103 Å². The summed E-state index contributed by atoms with van der Waals surface area (Å²) in [6.07, 6.45) is 0.0903. The molecule has 0 fully saturated rings. The van der Waals surface area contributed by atoms with Gasteiger partial charge < -0.3 is 9.84 Å². The summed E-state index contributed by atoms with van der Waals surface area (Å²) < 4.78 is 31.4. The van der Waals surface area contributed by atoms with E-state index in [1.54, 1.807) is 6.07 Å². The molecule has 1 atom stereocenters. The molecular formula is C13H11F2NO2. The largest absolute Gasteiger partial charge is 0.481 e. The Morgan fingerprint density at radius 3 is 2.61 bits per heavy atom. The Morgan fingerprint density at radius 2 is 2.00 bits per heavy atom. The zero-order chi connectivity index (χ0) is 13.1. The Hall–Kier alpha value is -2.01. The molecule has 1 aromatic carbocycles. The second-order valence-corrected chi connectivity index (χ2v) is 3.68. The summed E-state index contributed by atoms with van der Waals surface area (Å²) in [5, 5.41) is 9.97. The summed E-state index contributed by atoms with van der Waals surface area (Å²) in [6.45, 7) is 0. The predicted molar refractivity (Wildman–Crippen MR) is 61.2 cm³/mol. The molecular weight excluding hydrogens is 240 g/mol. The van der Waals surface area contributed by atoms with Gasteiger partial charge in [-0.2, -0.15) is 0 Å². The number of nitrogens with zero attached hydrogens (tertiary/aromatic N) is 1. The molecule has 1 unspecified atom stereocenters. The molecule has 18 heavy (non-hydrogen) atoms. The number of pyridine rings is 1. The fraction of sp³-hybridized carbons (Fsp3) is 0.154. The lowest BCUT2D eigenvalue weighted by molar-refractivity contribution is 0.212. The second-order valence-electron chi connectivity index (χ2n) is 3.68. The van der Waals surface area contributed by atoms with Crippen LogP contribution < -0.4 is 4.74 Å². The molecule has 94 valence electrons. The van der Waals surface area contributed by atoms with Crippen LogP contribution in [0.2, 0.25) is 0 Å². The number of aromatic nitrogens is 1. The fourth-order valence-corrected chi connectivity index (χ4v) is 1.59. The van der Waals surface area contributed by atoms with E-state index in [-0.39, 0.29) is 5.56 Å². The van der Waals surface area contributed by atoms with Crippen molar-refractivity contribution in [2.24, 2.45) is 0 Å². The third kappa shape index (κ3) is 2.31. The number of halogens is 2. The molecule has 0 aliphatic carbocycles. The molecule has 0 aliphatic heterocycles. The average Bonchev–Trinajstić information content (AvgIpc) is 2.41. The number of ether oxygens (including phenoxy) is 1. The van der Waals surface area contributed by atoms with E-state index in [0.717, 1.165) is 6.07 Å². The maximum Gasteiger partial charge on any atom is 0.212 e. The molecule has 5 heteroatoms. The summed E-state index contributed by atoms with van der Waals surface area (Å²) in [4.78, 5) is 3.90. The highest BCUT2D eigenvalue weighted by atomic mass is 19.2. The molecule has 0 spiro atoms. The predicted octanol–water partition coefficient (Wildman–Crippen LogP) is 2.45. The van der Waals surface area contributed by atoms with Gasteiger partial charge in [0.2, 0.25) is 5.88 Å². The fourth-order valence-electron chi connectivity index (χ4n) is 1.59. The summed E-state index contributed by atoms with van der Waals surface area (Å²) in [5.41, 5.74) is 0.238. The number of hydrogen-bond donors (Lipinski definition) is 1. The minimum atomic E-state index is -1.26. The quantitative estimate of drug-likeness (QED) is 0.911. The second kappa shape index (κ2) is 5.10. The monoisotopic (exact) mass is 251 g/mol. The molecule has 0 aliphatic rings. The Morgan fingerprint density at radius 1 is 1.22 bits per heavy atom. The molecule has 0 saturated heterocycles. The van der Waals surface area contributed by atoms with E-state index in [2.05, 4.69) is 4.98 Å². The van der Waals surface area contributed by atoms with E-state index in [4.69, 9.17) is 4.74 Å². The summed E-state index contributed by atoms with van der Waals surface area (Å²) >= 11 is 0. The maximum atomic E-state index is 13.5. The summed E-state index contributed by atoms with van der Waals surface area (Å²) in [5.74, 6) is -1.67. The van der Waals surface area contributed by atoms with Crippen molar-refractivity contribution in [2.45, 2.75) is 6.10 Å². The molecule has 0 saturated carbocycles. The van der Waals surface area contributed by atoms with E-state index < -0.39 is 17.7 Å². The van der Waals surface area contributed by atoms with Crippen LogP contribution >= 0.6 is 0 Å². The summed E-state index contributed by atoms with van der Waals surface area (Å²) in [6, 6.07) is 6.75. The number of hydrogen-bond acceptors (Lipinski definition) is 3. The van der Waals surface area contributed by atoms with Gasteiger partial charge in [-0.25, -0.2) is 13.8 Å². The van der Waals surface area contributed by atoms with Gasteiger partial charge in [0.1, 0.15) is 6.10 Å². The molecule has 1 heterocycles. The van der Waals surface area contributed by atoms with Gasteiger partial charge >= 0.3 is 0 Å². The number of benzene rings is 1. The third-order valence-corrected chi connectivity index (χ3v) is 2.56. The van der Waals surface area contributed by atoms with Crippen molar-refractivity contribution >= 4 is 0 Å². The highest BCUT2D eigenvalue weighted by Gasteiger charge is 2.17. The van der Waals surface area contributed by atoms with Crippen molar-refractivity contribution in [1.82, 2.24) is 4.98 Å². The normalized spacial score (nSPS) is 12.2. The van der Waals surface area contributed by atoms with Crippen LogP contribution in [0.5, 0.6) is 5.88 Å². The van der Waals surface area contributed by atoms with Crippen LogP contribution in [0.25, 0.3) is 0 Å². The van der Waals surface area contributed by atoms with Gasteiger partial charge in [0.25, 0.3) is 0 Å². The van der Waals surface area contributed by atoms with E-state index in [9.17, 15) is 13.9 Å². The van der Waals surface area contributed by atoms with Gasteiger partial charge in [0, 0.05) is 23.4 Å². The first-order chi connectivity index (χ1) is 8.63. The molecule has 1 aromatic heterocycles. The van der Waals surface area contributed by atoms with E-state index >= 15 is 0 Å². The van der Waals surface area contributed by atoms with E-state index in [0.29, 0.717) is 11.4 Å². The minimum Gasteiger partial charge on any atom is -0.481 e. The number of aliphatic hydroxyl groups is 1. The average molecular weight is 251 g/mol. The van der Waals surface area contributed by atoms with Crippen LogP contribution in [0, 0.1) is 11.6 Å². The maximum absolute atomic E-state index is 13.5. The molecule has 0 bridgehead atoms. The first-order valence-electron chi connectivity index (χ1n) is 5.25. The van der Waals surface area contributed by atoms with E-state index in [1.165, 1.54) is 31.5 Å². The van der Waals surface area contributed by atoms with E-state index in [1.807, 2.05) is 0 Å². The highest BCUT2D eigenvalue weighted by molar-refractivity contribution is 5.31. The van der Waals surface area contributed by atoms with Crippen LogP contribution in [0.3, 0.4) is 0 Å². The van der Waals surface area contributed by atoms with Gasteiger partial charge in [0.05, 0.1) is 7.11 Å².